The minimum atomic E-state index is -0.947. The van der Waals surface area contributed by atoms with Crippen molar-refractivity contribution in [3.05, 3.63) is 95.6 Å². The molecule has 0 fully saturated rings. The Morgan fingerprint density at radius 1 is 0.853 bits per heavy atom. The summed E-state index contributed by atoms with van der Waals surface area (Å²) in [6.45, 7) is -0.0485. The van der Waals surface area contributed by atoms with Gasteiger partial charge in [-0.3, -0.25) is 9.59 Å². The van der Waals surface area contributed by atoms with Crippen LogP contribution in [0.1, 0.15) is 21.5 Å². The lowest BCUT2D eigenvalue weighted by molar-refractivity contribution is -0.150. The first-order chi connectivity index (χ1) is 16.6. The van der Waals surface area contributed by atoms with Crippen LogP contribution >= 0.6 is 0 Å². The van der Waals surface area contributed by atoms with E-state index in [1.165, 1.54) is 0 Å². The highest BCUT2D eigenvalue weighted by atomic mass is 16.7. The fourth-order valence-electron chi connectivity index (χ4n) is 3.41. The Bertz CT molecular complexity index is 1150. The van der Waals surface area contributed by atoms with Gasteiger partial charge in [0.2, 0.25) is 6.79 Å². The second-order valence-corrected chi connectivity index (χ2v) is 7.65. The van der Waals surface area contributed by atoms with Crippen LogP contribution < -0.4 is 20.1 Å². The second-order valence-electron chi connectivity index (χ2n) is 7.65. The molecule has 0 aromatic heterocycles. The molecule has 0 aliphatic carbocycles. The number of hydrogen-bond acceptors (Lipinski definition) is 6. The summed E-state index contributed by atoms with van der Waals surface area (Å²) in [4.78, 5) is 37.6. The molecule has 8 nitrogen and oxygen atoms in total. The van der Waals surface area contributed by atoms with Gasteiger partial charge in [0.15, 0.2) is 18.1 Å². The smallest absolute Gasteiger partial charge is 0.329 e. The van der Waals surface area contributed by atoms with Gasteiger partial charge in [-0.05, 0) is 35.4 Å². The largest absolute Gasteiger partial charge is 0.454 e. The standard InChI is InChI=1S/C26H24N2O6/c29-24(27-15-19-11-12-22-23(14-19)34-17-33-22)16-32-26(31)21(13-18-7-3-1-4-8-18)28-25(30)20-9-5-2-6-10-20/h1-12,14,21H,13,15-17H2,(H,27,29)(H,28,30)/t21-/m0/s1. The highest BCUT2D eigenvalue weighted by Gasteiger charge is 2.24. The van der Waals surface area contributed by atoms with E-state index in [1.54, 1.807) is 42.5 Å². The van der Waals surface area contributed by atoms with Gasteiger partial charge in [-0.2, -0.15) is 0 Å². The molecule has 8 heteroatoms. The molecule has 0 spiro atoms. The molecule has 0 radical (unpaired) electrons. The third-order valence-corrected chi connectivity index (χ3v) is 5.18. The highest BCUT2D eigenvalue weighted by Crippen LogP contribution is 2.32. The molecular weight excluding hydrogens is 436 g/mol. The molecule has 3 aromatic rings. The zero-order valence-corrected chi connectivity index (χ0v) is 18.4. The van der Waals surface area contributed by atoms with Crippen LogP contribution in [0.5, 0.6) is 11.5 Å². The normalized spacial score (nSPS) is 12.5. The monoisotopic (exact) mass is 460 g/mol. The van der Waals surface area contributed by atoms with Crippen molar-refractivity contribution in [2.45, 2.75) is 19.0 Å². The van der Waals surface area contributed by atoms with E-state index in [4.69, 9.17) is 14.2 Å². The first-order valence-corrected chi connectivity index (χ1v) is 10.8. The minimum absolute atomic E-state index is 0.173. The van der Waals surface area contributed by atoms with Crippen molar-refractivity contribution in [1.82, 2.24) is 10.6 Å². The summed E-state index contributed by atoms with van der Waals surface area (Å²) < 4.78 is 15.8. The number of rotatable bonds is 9. The third kappa shape index (κ3) is 6.13. The number of esters is 1. The first kappa shape index (κ1) is 22.8. The summed E-state index contributed by atoms with van der Waals surface area (Å²) in [5.74, 6) is -0.266. The predicted molar refractivity (Wildman–Crippen MR) is 123 cm³/mol. The van der Waals surface area contributed by atoms with Crippen LogP contribution in [0, 0.1) is 0 Å². The van der Waals surface area contributed by atoms with Gasteiger partial charge in [-0.1, -0.05) is 54.6 Å². The second kappa shape index (κ2) is 11.0. The molecule has 1 aliphatic heterocycles. The summed E-state index contributed by atoms with van der Waals surface area (Å²) >= 11 is 0. The number of amides is 2. The van der Waals surface area contributed by atoms with Gasteiger partial charge < -0.3 is 24.8 Å². The van der Waals surface area contributed by atoms with Crippen LogP contribution in [0.15, 0.2) is 78.9 Å². The van der Waals surface area contributed by atoms with E-state index in [-0.39, 0.29) is 19.8 Å². The number of carbonyl (C=O) groups is 3. The maximum atomic E-state index is 12.8. The van der Waals surface area contributed by atoms with Crippen molar-refractivity contribution in [2.24, 2.45) is 0 Å². The molecule has 34 heavy (non-hydrogen) atoms. The molecule has 0 saturated heterocycles. The number of carbonyl (C=O) groups excluding carboxylic acids is 3. The molecule has 0 bridgehead atoms. The summed E-state index contributed by atoms with van der Waals surface area (Å²) in [5.41, 5.74) is 2.10. The van der Waals surface area contributed by atoms with Gasteiger partial charge in [-0.25, -0.2) is 4.79 Å². The molecule has 1 aliphatic rings. The first-order valence-electron chi connectivity index (χ1n) is 10.8. The molecule has 4 rings (SSSR count). The Labute approximate surface area is 196 Å². The fraction of sp³-hybridized carbons (Fsp3) is 0.192. The van der Waals surface area contributed by atoms with E-state index in [9.17, 15) is 14.4 Å². The molecule has 1 atom stereocenters. The van der Waals surface area contributed by atoms with Crippen LogP contribution in [-0.2, 0) is 27.3 Å². The van der Waals surface area contributed by atoms with Crippen LogP contribution in [0.3, 0.4) is 0 Å². The number of hydrogen-bond donors (Lipinski definition) is 2. The van der Waals surface area contributed by atoms with E-state index < -0.39 is 30.4 Å². The van der Waals surface area contributed by atoms with Gasteiger partial charge in [0, 0.05) is 18.5 Å². The van der Waals surface area contributed by atoms with Crippen molar-refractivity contribution >= 4 is 17.8 Å². The van der Waals surface area contributed by atoms with E-state index in [2.05, 4.69) is 10.6 Å². The summed E-state index contributed by atoms with van der Waals surface area (Å²) in [5, 5.41) is 5.42. The van der Waals surface area contributed by atoms with Crippen molar-refractivity contribution in [1.29, 1.82) is 0 Å². The lowest BCUT2D eigenvalue weighted by Gasteiger charge is -2.18. The van der Waals surface area contributed by atoms with Gasteiger partial charge in [0.1, 0.15) is 6.04 Å². The Hall–Kier alpha value is -4.33. The quantitative estimate of drug-likeness (QED) is 0.476. The summed E-state index contributed by atoms with van der Waals surface area (Å²) in [6.07, 6.45) is 0.233. The maximum Gasteiger partial charge on any atom is 0.329 e. The zero-order valence-electron chi connectivity index (χ0n) is 18.4. The average molecular weight is 460 g/mol. The van der Waals surface area contributed by atoms with Crippen molar-refractivity contribution in [3.63, 3.8) is 0 Å². The topological polar surface area (TPSA) is 103 Å². The van der Waals surface area contributed by atoms with Crippen molar-refractivity contribution in [2.75, 3.05) is 13.4 Å². The van der Waals surface area contributed by atoms with Gasteiger partial charge >= 0.3 is 5.97 Å². The summed E-state index contributed by atoms with van der Waals surface area (Å²) in [6, 6.07) is 22.3. The lowest BCUT2D eigenvalue weighted by atomic mass is 10.1. The number of ether oxygens (including phenoxy) is 3. The van der Waals surface area contributed by atoms with Crippen LogP contribution in [0.4, 0.5) is 0 Å². The molecule has 0 saturated carbocycles. The third-order valence-electron chi connectivity index (χ3n) is 5.18. The van der Waals surface area contributed by atoms with Crippen LogP contribution in [0.25, 0.3) is 0 Å². The van der Waals surface area contributed by atoms with E-state index in [0.717, 1.165) is 11.1 Å². The molecule has 2 N–H and O–H groups in total. The number of benzene rings is 3. The van der Waals surface area contributed by atoms with Crippen LogP contribution in [0.2, 0.25) is 0 Å². The Balaban J connectivity index is 1.32. The van der Waals surface area contributed by atoms with Crippen molar-refractivity contribution < 1.29 is 28.6 Å². The molecule has 0 unspecified atom stereocenters. The van der Waals surface area contributed by atoms with Crippen molar-refractivity contribution in [3.8, 4) is 11.5 Å². The minimum Gasteiger partial charge on any atom is -0.454 e. The fourth-order valence-corrected chi connectivity index (χ4v) is 3.41. The number of fused-ring (bicyclic) bond motifs is 1. The van der Waals surface area contributed by atoms with Gasteiger partial charge in [0.05, 0.1) is 0 Å². The van der Waals surface area contributed by atoms with E-state index in [1.807, 2.05) is 36.4 Å². The lowest BCUT2D eigenvalue weighted by Crippen LogP contribution is -2.44. The Kier molecular flexibility index (Phi) is 7.39. The molecule has 174 valence electrons. The highest BCUT2D eigenvalue weighted by molar-refractivity contribution is 5.97. The maximum absolute atomic E-state index is 12.8. The predicted octanol–water partition coefficient (Wildman–Crippen LogP) is 2.62. The van der Waals surface area contributed by atoms with Crippen LogP contribution in [-0.4, -0.2) is 37.2 Å². The van der Waals surface area contributed by atoms with E-state index >= 15 is 0 Å². The summed E-state index contributed by atoms with van der Waals surface area (Å²) in [7, 11) is 0. The van der Waals surface area contributed by atoms with Gasteiger partial charge in [-0.15, -0.1) is 0 Å². The number of nitrogens with one attached hydrogen (secondary N) is 2. The van der Waals surface area contributed by atoms with E-state index in [0.29, 0.717) is 17.1 Å². The Morgan fingerprint density at radius 2 is 1.56 bits per heavy atom. The van der Waals surface area contributed by atoms with Gasteiger partial charge in [0.25, 0.3) is 11.8 Å². The Morgan fingerprint density at radius 3 is 2.32 bits per heavy atom. The molecular formula is C26H24N2O6. The molecule has 3 aromatic carbocycles. The molecule has 2 amide bonds. The zero-order chi connectivity index (χ0) is 23.8. The molecule has 1 heterocycles. The SMILES string of the molecule is O=C(COC(=O)[C@H](Cc1ccccc1)NC(=O)c1ccccc1)NCc1ccc2c(c1)OCO2. The average Bonchev–Trinajstić information content (AvgIpc) is 3.34.